The van der Waals surface area contributed by atoms with Gasteiger partial charge in [-0.2, -0.15) is 0 Å². The van der Waals surface area contributed by atoms with E-state index in [1.807, 2.05) is 33.0 Å². The minimum Gasteiger partial charge on any atom is -0.490 e. The van der Waals surface area contributed by atoms with E-state index in [0.29, 0.717) is 18.8 Å². The summed E-state index contributed by atoms with van der Waals surface area (Å²) in [5.74, 6) is 0.567. The van der Waals surface area contributed by atoms with Gasteiger partial charge in [0.2, 0.25) is 0 Å². The van der Waals surface area contributed by atoms with Gasteiger partial charge in [0, 0.05) is 19.0 Å². The van der Waals surface area contributed by atoms with Gasteiger partial charge >= 0.3 is 5.97 Å². The average molecular weight is 409 g/mol. The van der Waals surface area contributed by atoms with Crippen molar-refractivity contribution < 1.29 is 19.1 Å². The molecule has 0 fully saturated rings. The molecule has 0 unspecified atom stereocenters. The number of hydrogen-bond acceptors (Lipinski definition) is 7. The molecule has 0 aliphatic rings. The van der Waals surface area contributed by atoms with E-state index in [1.54, 1.807) is 0 Å². The first-order chi connectivity index (χ1) is 13.5. The third-order valence-electron chi connectivity index (χ3n) is 4.26. The first-order valence-electron chi connectivity index (χ1n) is 9.64. The number of ether oxygens (including phenoxy) is 2. The van der Waals surface area contributed by atoms with Crippen molar-refractivity contribution in [3.8, 4) is 5.75 Å². The zero-order valence-electron chi connectivity index (χ0n) is 17.8. The number of nitrogens with zero attached hydrogens (tertiary/aromatic N) is 1. The molecule has 28 heavy (non-hydrogen) atoms. The lowest BCUT2D eigenvalue weighted by molar-refractivity contribution is -0.106. The summed E-state index contributed by atoms with van der Waals surface area (Å²) in [6.45, 7) is 13.5. The second-order valence-corrected chi connectivity index (χ2v) is 7.00. The number of aryl methyl sites for hydroxylation is 1. The Morgan fingerprint density at radius 2 is 1.89 bits per heavy atom. The molecule has 0 saturated heterocycles. The third-order valence-corrected chi connectivity index (χ3v) is 5.49. The normalized spacial score (nSPS) is 10.4. The highest BCUT2D eigenvalue weighted by Crippen LogP contribution is 2.42. The second kappa shape index (κ2) is 12.4. The van der Waals surface area contributed by atoms with Crippen molar-refractivity contribution in [2.75, 3.05) is 45.2 Å². The Hall–Kier alpha value is -2.12. The summed E-state index contributed by atoms with van der Waals surface area (Å²) in [4.78, 5) is 23.5. The van der Waals surface area contributed by atoms with Gasteiger partial charge in [0.25, 0.3) is 0 Å². The van der Waals surface area contributed by atoms with E-state index in [1.165, 1.54) is 18.3 Å². The summed E-state index contributed by atoms with van der Waals surface area (Å²) in [5.41, 5.74) is 1.67. The van der Waals surface area contributed by atoms with Crippen molar-refractivity contribution >= 4 is 38.7 Å². The van der Waals surface area contributed by atoms with Crippen LogP contribution in [0.2, 0.25) is 0 Å². The Bertz CT molecular complexity index is 769. The highest BCUT2D eigenvalue weighted by atomic mass is 32.1. The number of likely N-dealkylation sites (N-methyl/N-ethyl adjacent to an activating group) is 1. The Labute approximate surface area is 171 Å². The molecule has 2 aromatic rings. The average Bonchev–Trinajstić information content (AvgIpc) is 3.06. The van der Waals surface area contributed by atoms with E-state index in [9.17, 15) is 4.79 Å². The van der Waals surface area contributed by atoms with Gasteiger partial charge < -0.3 is 24.5 Å². The van der Waals surface area contributed by atoms with Crippen LogP contribution in [0.5, 0.6) is 5.75 Å². The lowest BCUT2D eigenvalue weighted by Crippen LogP contribution is -2.28. The fourth-order valence-electron chi connectivity index (χ4n) is 2.81. The van der Waals surface area contributed by atoms with E-state index >= 15 is 0 Å². The molecular formula is C21H32N2O4S. The van der Waals surface area contributed by atoms with Crippen LogP contribution in [0.4, 0.5) is 5.00 Å². The molecule has 0 radical (unpaired) electrons. The summed E-state index contributed by atoms with van der Waals surface area (Å²) in [6.07, 6.45) is 0.750. The molecule has 0 bridgehead atoms. The number of anilines is 1. The topological polar surface area (TPSA) is 67.9 Å². The third kappa shape index (κ3) is 5.94. The van der Waals surface area contributed by atoms with Crippen molar-refractivity contribution in [2.45, 2.75) is 34.6 Å². The maximum absolute atomic E-state index is 12.4. The fourth-order valence-corrected chi connectivity index (χ4v) is 4.01. The van der Waals surface area contributed by atoms with Crippen molar-refractivity contribution in [1.82, 2.24) is 4.90 Å². The Kier molecular flexibility index (Phi) is 10.6. The Morgan fingerprint density at radius 3 is 2.43 bits per heavy atom. The lowest BCUT2D eigenvalue weighted by Gasteiger charge is -2.18. The number of fused-ring (bicyclic) bond motifs is 1. The summed E-state index contributed by atoms with van der Waals surface area (Å²) in [6, 6.07) is 3.98. The Balaban J connectivity index is 0.00000122. The van der Waals surface area contributed by atoms with Gasteiger partial charge in [-0.1, -0.05) is 26.0 Å². The summed E-state index contributed by atoms with van der Waals surface area (Å²) >= 11 is 1.54. The van der Waals surface area contributed by atoms with Crippen LogP contribution in [-0.4, -0.2) is 57.1 Å². The molecule has 0 atom stereocenters. The molecule has 1 aromatic carbocycles. The Morgan fingerprint density at radius 1 is 1.25 bits per heavy atom. The first-order valence-corrected chi connectivity index (χ1v) is 10.5. The maximum atomic E-state index is 12.4. The zero-order valence-corrected chi connectivity index (χ0v) is 18.6. The fraction of sp³-hybridized carbons (Fsp3) is 0.524. The zero-order chi connectivity index (χ0) is 21.1. The van der Waals surface area contributed by atoms with E-state index in [-0.39, 0.29) is 5.97 Å². The first kappa shape index (κ1) is 23.9. The molecule has 1 heterocycles. The maximum Gasteiger partial charge on any atom is 0.341 e. The standard InChI is InChI=1S/C19H28N2O3S.C2H4O/c1-6-21(7-2)11-12-24-16-13(4)9-10-14-15(19(22)23-8-3)18(20-5)25-17(14)16;1-2-3/h9-10,20H,6-8,11-12H2,1-5H3;2H,1H3. The molecule has 7 heteroatoms. The lowest BCUT2D eigenvalue weighted by atomic mass is 10.1. The molecule has 2 rings (SSSR count). The second-order valence-electron chi connectivity index (χ2n) is 5.98. The number of carbonyl (C=O) groups is 2. The predicted molar refractivity (Wildman–Crippen MR) is 117 cm³/mol. The summed E-state index contributed by atoms with van der Waals surface area (Å²) in [5, 5.41) is 4.82. The van der Waals surface area contributed by atoms with Crippen LogP contribution in [0.1, 0.15) is 43.6 Å². The van der Waals surface area contributed by atoms with Crippen LogP contribution >= 0.6 is 11.3 Å². The van der Waals surface area contributed by atoms with Crippen molar-refractivity contribution in [1.29, 1.82) is 0 Å². The quantitative estimate of drug-likeness (QED) is 0.491. The van der Waals surface area contributed by atoms with Gasteiger partial charge in [0.1, 0.15) is 29.2 Å². The molecule has 0 aliphatic heterocycles. The van der Waals surface area contributed by atoms with E-state index < -0.39 is 0 Å². The van der Waals surface area contributed by atoms with Crippen LogP contribution in [0.25, 0.3) is 10.1 Å². The number of rotatable bonds is 9. The van der Waals surface area contributed by atoms with Crippen LogP contribution < -0.4 is 10.1 Å². The molecule has 1 N–H and O–H groups in total. The van der Waals surface area contributed by atoms with Gasteiger partial charge in [0.05, 0.1) is 11.3 Å². The number of hydrogen-bond donors (Lipinski definition) is 1. The highest BCUT2D eigenvalue weighted by molar-refractivity contribution is 7.23. The predicted octanol–water partition coefficient (Wildman–Crippen LogP) is 4.35. The molecule has 1 aromatic heterocycles. The molecule has 156 valence electrons. The van der Waals surface area contributed by atoms with Crippen LogP contribution in [0.15, 0.2) is 12.1 Å². The van der Waals surface area contributed by atoms with Gasteiger partial charge in [-0.05, 0) is 39.4 Å². The van der Waals surface area contributed by atoms with Gasteiger partial charge in [-0.3, -0.25) is 0 Å². The number of esters is 1. The number of thiophene rings is 1. The number of carbonyl (C=O) groups excluding carboxylic acids is 2. The smallest absolute Gasteiger partial charge is 0.341 e. The van der Waals surface area contributed by atoms with E-state index in [4.69, 9.17) is 14.3 Å². The molecule has 0 aliphatic carbocycles. The highest BCUT2D eigenvalue weighted by Gasteiger charge is 2.22. The number of benzene rings is 1. The molecule has 6 nitrogen and oxygen atoms in total. The molecule has 0 spiro atoms. The van der Waals surface area contributed by atoms with Crippen LogP contribution in [-0.2, 0) is 9.53 Å². The van der Waals surface area contributed by atoms with Gasteiger partial charge in [-0.15, -0.1) is 11.3 Å². The summed E-state index contributed by atoms with van der Waals surface area (Å²) in [7, 11) is 1.82. The van der Waals surface area contributed by atoms with Crippen molar-refractivity contribution in [2.24, 2.45) is 0 Å². The van der Waals surface area contributed by atoms with Crippen molar-refractivity contribution in [3.63, 3.8) is 0 Å². The van der Waals surface area contributed by atoms with Crippen molar-refractivity contribution in [3.05, 3.63) is 23.3 Å². The number of nitrogens with one attached hydrogen (secondary N) is 1. The summed E-state index contributed by atoms with van der Waals surface area (Å²) < 4.78 is 12.3. The van der Waals surface area contributed by atoms with Crippen LogP contribution in [0, 0.1) is 6.92 Å². The molecule has 0 saturated carbocycles. The van der Waals surface area contributed by atoms with Gasteiger partial charge in [0.15, 0.2) is 0 Å². The monoisotopic (exact) mass is 408 g/mol. The van der Waals surface area contributed by atoms with Gasteiger partial charge in [-0.25, -0.2) is 4.79 Å². The minimum atomic E-state index is -0.295. The largest absolute Gasteiger partial charge is 0.490 e. The molecular weight excluding hydrogens is 376 g/mol. The molecule has 0 amide bonds. The van der Waals surface area contributed by atoms with E-state index in [0.717, 1.165) is 52.3 Å². The van der Waals surface area contributed by atoms with E-state index in [2.05, 4.69) is 24.1 Å². The number of aldehydes is 1. The SMILES string of the molecule is CC=O.CCOC(=O)c1c(NC)sc2c(OCCN(CC)CC)c(C)ccc12. The minimum absolute atomic E-state index is 0.295. The van der Waals surface area contributed by atoms with Crippen LogP contribution in [0.3, 0.4) is 0 Å².